The molecule has 2 atom stereocenters. The number of aliphatic hydroxyl groups excluding tert-OH is 1. The molecule has 0 spiro atoms. The SMILES string of the molecule is Cc1cccc(NC(=O)N2CCC(C(C)O)C2)n1. The number of urea groups is 1. The van der Waals surface area contributed by atoms with E-state index in [-0.39, 0.29) is 18.1 Å². The van der Waals surface area contributed by atoms with Gasteiger partial charge in [0, 0.05) is 24.7 Å². The highest BCUT2D eigenvalue weighted by Crippen LogP contribution is 2.20. The Kier molecular flexibility index (Phi) is 3.81. The topological polar surface area (TPSA) is 65.5 Å². The summed E-state index contributed by atoms with van der Waals surface area (Å²) in [7, 11) is 0. The number of aromatic nitrogens is 1. The van der Waals surface area contributed by atoms with Gasteiger partial charge in [-0.05, 0) is 32.4 Å². The molecule has 0 saturated carbocycles. The highest BCUT2D eigenvalue weighted by atomic mass is 16.3. The van der Waals surface area contributed by atoms with E-state index >= 15 is 0 Å². The molecule has 1 aliphatic heterocycles. The number of nitrogens with zero attached hydrogens (tertiary/aromatic N) is 2. The largest absolute Gasteiger partial charge is 0.393 e. The van der Waals surface area contributed by atoms with E-state index in [9.17, 15) is 9.90 Å². The molecule has 2 unspecified atom stereocenters. The number of hydrogen-bond acceptors (Lipinski definition) is 3. The van der Waals surface area contributed by atoms with E-state index in [1.807, 2.05) is 19.1 Å². The van der Waals surface area contributed by atoms with Gasteiger partial charge < -0.3 is 10.0 Å². The maximum Gasteiger partial charge on any atom is 0.323 e. The molecule has 0 bridgehead atoms. The smallest absolute Gasteiger partial charge is 0.323 e. The normalized spacial score (nSPS) is 20.8. The van der Waals surface area contributed by atoms with Gasteiger partial charge in [-0.1, -0.05) is 6.07 Å². The van der Waals surface area contributed by atoms with E-state index in [0.717, 1.165) is 12.1 Å². The first-order valence-electron chi connectivity index (χ1n) is 6.24. The molecule has 1 aromatic rings. The fourth-order valence-electron chi connectivity index (χ4n) is 2.17. The van der Waals surface area contributed by atoms with E-state index < -0.39 is 0 Å². The van der Waals surface area contributed by atoms with E-state index in [2.05, 4.69) is 10.3 Å². The zero-order chi connectivity index (χ0) is 13.1. The van der Waals surface area contributed by atoms with Crippen molar-refractivity contribution in [3.63, 3.8) is 0 Å². The standard InChI is InChI=1S/C13H19N3O2/c1-9-4-3-5-12(14-9)15-13(18)16-7-6-11(8-16)10(2)17/h3-5,10-11,17H,6-8H2,1-2H3,(H,14,15,18). The summed E-state index contributed by atoms with van der Waals surface area (Å²) in [5, 5.41) is 12.3. The van der Waals surface area contributed by atoms with Crippen LogP contribution in [0.25, 0.3) is 0 Å². The van der Waals surface area contributed by atoms with Gasteiger partial charge in [0.25, 0.3) is 0 Å². The van der Waals surface area contributed by atoms with Crippen LogP contribution in [0, 0.1) is 12.8 Å². The minimum Gasteiger partial charge on any atom is -0.393 e. The third kappa shape index (κ3) is 2.98. The number of nitrogens with one attached hydrogen (secondary N) is 1. The van der Waals surface area contributed by atoms with E-state index in [1.165, 1.54) is 0 Å². The van der Waals surface area contributed by atoms with Gasteiger partial charge >= 0.3 is 6.03 Å². The van der Waals surface area contributed by atoms with Gasteiger partial charge in [0.1, 0.15) is 5.82 Å². The minimum absolute atomic E-state index is 0.142. The Morgan fingerprint density at radius 1 is 1.61 bits per heavy atom. The summed E-state index contributed by atoms with van der Waals surface area (Å²) in [5.41, 5.74) is 0.871. The quantitative estimate of drug-likeness (QED) is 0.837. The molecular weight excluding hydrogens is 230 g/mol. The molecule has 98 valence electrons. The van der Waals surface area contributed by atoms with Gasteiger partial charge in [-0.15, -0.1) is 0 Å². The molecule has 1 aromatic heterocycles. The summed E-state index contributed by atoms with van der Waals surface area (Å²) in [6, 6.07) is 5.37. The molecule has 0 aliphatic carbocycles. The number of amides is 2. The summed E-state index contributed by atoms with van der Waals surface area (Å²) >= 11 is 0. The number of hydrogen-bond donors (Lipinski definition) is 2. The highest BCUT2D eigenvalue weighted by molar-refractivity contribution is 5.88. The molecule has 1 fully saturated rings. The van der Waals surface area contributed by atoms with Crippen molar-refractivity contribution in [3.05, 3.63) is 23.9 Å². The average molecular weight is 249 g/mol. The van der Waals surface area contributed by atoms with Crippen molar-refractivity contribution in [3.8, 4) is 0 Å². The maximum absolute atomic E-state index is 12.0. The second-order valence-corrected chi connectivity index (χ2v) is 4.83. The van der Waals surface area contributed by atoms with Crippen molar-refractivity contribution in [2.24, 2.45) is 5.92 Å². The number of pyridine rings is 1. The average Bonchev–Trinajstić information content (AvgIpc) is 2.78. The lowest BCUT2D eigenvalue weighted by Crippen LogP contribution is -2.34. The molecular formula is C13H19N3O2. The first-order chi connectivity index (χ1) is 8.56. The lowest BCUT2D eigenvalue weighted by molar-refractivity contribution is 0.130. The lowest BCUT2D eigenvalue weighted by Gasteiger charge is -2.18. The number of anilines is 1. The van der Waals surface area contributed by atoms with E-state index in [4.69, 9.17) is 0 Å². The van der Waals surface area contributed by atoms with Crippen LogP contribution in [0.3, 0.4) is 0 Å². The minimum atomic E-state index is -0.361. The zero-order valence-corrected chi connectivity index (χ0v) is 10.8. The Balaban J connectivity index is 1.93. The predicted molar refractivity (Wildman–Crippen MR) is 69.4 cm³/mol. The van der Waals surface area contributed by atoms with E-state index in [1.54, 1.807) is 17.9 Å². The van der Waals surface area contributed by atoms with Gasteiger partial charge in [-0.25, -0.2) is 9.78 Å². The van der Waals surface area contributed by atoms with Crippen LogP contribution in [0.1, 0.15) is 19.0 Å². The zero-order valence-electron chi connectivity index (χ0n) is 10.8. The Bertz CT molecular complexity index is 434. The van der Waals surface area contributed by atoms with Gasteiger partial charge in [0.05, 0.1) is 6.10 Å². The Morgan fingerprint density at radius 3 is 3.00 bits per heavy atom. The summed E-state index contributed by atoms with van der Waals surface area (Å²) in [6.45, 7) is 4.95. The van der Waals surface area contributed by atoms with Crippen LogP contribution in [-0.4, -0.2) is 40.2 Å². The van der Waals surface area contributed by atoms with Crippen LogP contribution in [0.15, 0.2) is 18.2 Å². The van der Waals surface area contributed by atoms with Crippen LogP contribution in [0.4, 0.5) is 10.6 Å². The number of carbonyl (C=O) groups excluding carboxylic acids is 1. The van der Waals surface area contributed by atoms with Crippen LogP contribution in [0.2, 0.25) is 0 Å². The van der Waals surface area contributed by atoms with Gasteiger partial charge in [0.15, 0.2) is 0 Å². The first kappa shape index (κ1) is 12.8. The lowest BCUT2D eigenvalue weighted by atomic mass is 10.0. The molecule has 18 heavy (non-hydrogen) atoms. The third-order valence-corrected chi connectivity index (χ3v) is 3.32. The van der Waals surface area contributed by atoms with Crippen molar-refractivity contribution in [1.29, 1.82) is 0 Å². The molecule has 1 aliphatic rings. The Hall–Kier alpha value is -1.62. The van der Waals surface area contributed by atoms with Crippen LogP contribution in [0.5, 0.6) is 0 Å². The second kappa shape index (κ2) is 5.35. The molecule has 5 nitrogen and oxygen atoms in total. The summed E-state index contributed by atoms with van der Waals surface area (Å²) in [4.78, 5) is 17.9. The maximum atomic E-state index is 12.0. The number of carbonyl (C=O) groups is 1. The van der Waals surface area contributed by atoms with Crippen molar-refractivity contribution >= 4 is 11.8 Å². The van der Waals surface area contributed by atoms with Crippen molar-refractivity contribution in [2.45, 2.75) is 26.4 Å². The molecule has 2 rings (SSSR count). The van der Waals surface area contributed by atoms with Gasteiger partial charge in [-0.3, -0.25) is 5.32 Å². The summed E-state index contributed by atoms with van der Waals surface area (Å²) in [5.74, 6) is 0.752. The van der Waals surface area contributed by atoms with E-state index in [0.29, 0.717) is 18.9 Å². The summed E-state index contributed by atoms with van der Waals surface area (Å²) < 4.78 is 0. The number of aliphatic hydroxyl groups is 1. The second-order valence-electron chi connectivity index (χ2n) is 4.83. The van der Waals surface area contributed by atoms with Gasteiger partial charge in [-0.2, -0.15) is 0 Å². The molecule has 5 heteroatoms. The summed E-state index contributed by atoms with van der Waals surface area (Å²) in [6.07, 6.45) is 0.492. The fraction of sp³-hybridized carbons (Fsp3) is 0.538. The Morgan fingerprint density at radius 2 is 2.39 bits per heavy atom. The fourth-order valence-corrected chi connectivity index (χ4v) is 2.17. The number of aryl methyl sites for hydroxylation is 1. The molecule has 2 N–H and O–H groups in total. The monoisotopic (exact) mass is 249 g/mol. The van der Waals surface area contributed by atoms with Crippen LogP contribution < -0.4 is 5.32 Å². The predicted octanol–water partition coefficient (Wildman–Crippen LogP) is 1.62. The van der Waals surface area contributed by atoms with Crippen LogP contribution >= 0.6 is 0 Å². The molecule has 0 radical (unpaired) electrons. The molecule has 0 aromatic carbocycles. The van der Waals surface area contributed by atoms with Crippen molar-refractivity contribution < 1.29 is 9.90 Å². The molecule has 2 amide bonds. The third-order valence-electron chi connectivity index (χ3n) is 3.32. The highest BCUT2D eigenvalue weighted by Gasteiger charge is 2.29. The van der Waals surface area contributed by atoms with Crippen molar-refractivity contribution in [2.75, 3.05) is 18.4 Å². The van der Waals surface area contributed by atoms with Crippen molar-refractivity contribution in [1.82, 2.24) is 9.88 Å². The number of rotatable bonds is 2. The molecule has 2 heterocycles. The Labute approximate surface area is 107 Å². The van der Waals surface area contributed by atoms with Crippen LogP contribution in [-0.2, 0) is 0 Å². The molecule has 1 saturated heterocycles. The number of likely N-dealkylation sites (tertiary alicyclic amines) is 1. The van der Waals surface area contributed by atoms with Gasteiger partial charge in [0.2, 0.25) is 0 Å². The first-order valence-corrected chi connectivity index (χ1v) is 6.24.